The molecule has 1 aromatic carbocycles. The molecule has 1 heterocycles. The third-order valence-electron chi connectivity index (χ3n) is 1.98. The zero-order valence-corrected chi connectivity index (χ0v) is 7.41. The summed E-state index contributed by atoms with van der Waals surface area (Å²) in [4.78, 5) is 7.03. The standard InChI is InChI=1S/C10H11N3/c1-11-9-4-2-8(3-5-9)10-6-12-7-13-10/h2-7,11H,1H3,(H,12,13). The molecule has 0 amide bonds. The fourth-order valence-electron chi connectivity index (χ4n) is 1.23. The van der Waals surface area contributed by atoms with Crippen LogP contribution in [0.15, 0.2) is 36.8 Å². The molecule has 13 heavy (non-hydrogen) atoms. The molecule has 2 rings (SSSR count). The monoisotopic (exact) mass is 173 g/mol. The number of hydrogen-bond donors (Lipinski definition) is 2. The summed E-state index contributed by atoms with van der Waals surface area (Å²) in [5.74, 6) is 0. The van der Waals surface area contributed by atoms with E-state index >= 15 is 0 Å². The SMILES string of the molecule is CNc1ccc(-c2cnc[nH]2)cc1. The molecule has 2 N–H and O–H groups in total. The first-order valence-corrected chi connectivity index (χ1v) is 4.17. The number of nitrogens with one attached hydrogen (secondary N) is 2. The van der Waals surface area contributed by atoms with E-state index in [0.717, 1.165) is 16.9 Å². The van der Waals surface area contributed by atoms with Crippen molar-refractivity contribution < 1.29 is 0 Å². The van der Waals surface area contributed by atoms with E-state index in [9.17, 15) is 0 Å². The third-order valence-corrected chi connectivity index (χ3v) is 1.98. The van der Waals surface area contributed by atoms with E-state index in [4.69, 9.17) is 0 Å². The van der Waals surface area contributed by atoms with E-state index in [2.05, 4.69) is 27.4 Å². The molecule has 0 saturated heterocycles. The van der Waals surface area contributed by atoms with Crippen LogP contribution in [-0.4, -0.2) is 17.0 Å². The zero-order valence-electron chi connectivity index (χ0n) is 7.41. The fraction of sp³-hybridized carbons (Fsp3) is 0.100. The molecule has 0 aliphatic carbocycles. The van der Waals surface area contributed by atoms with E-state index in [1.165, 1.54) is 0 Å². The van der Waals surface area contributed by atoms with Gasteiger partial charge in [-0.3, -0.25) is 0 Å². The van der Waals surface area contributed by atoms with Gasteiger partial charge >= 0.3 is 0 Å². The van der Waals surface area contributed by atoms with Gasteiger partial charge in [0.2, 0.25) is 0 Å². The maximum absolute atomic E-state index is 3.97. The van der Waals surface area contributed by atoms with Crippen LogP contribution in [0.2, 0.25) is 0 Å². The highest BCUT2D eigenvalue weighted by Crippen LogP contribution is 2.17. The summed E-state index contributed by atoms with van der Waals surface area (Å²) in [6.45, 7) is 0. The lowest BCUT2D eigenvalue weighted by Crippen LogP contribution is -1.86. The van der Waals surface area contributed by atoms with Crippen molar-refractivity contribution in [3.63, 3.8) is 0 Å². The highest BCUT2D eigenvalue weighted by molar-refractivity contribution is 5.61. The molecule has 0 atom stereocenters. The van der Waals surface area contributed by atoms with Gasteiger partial charge in [0.05, 0.1) is 18.2 Å². The first-order chi connectivity index (χ1) is 6.40. The van der Waals surface area contributed by atoms with Crippen molar-refractivity contribution in [1.29, 1.82) is 0 Å². The number of benzene rings is 1. The summed E-state index contributed by atoms with van der Waals surface area (Å²) in [6, 6.07) is 8.19. The van der Waals surface area contributed by atoms with Crippen LogP contribution in [0.1, 0.15) is 0 Å². The lowest BCUT2D eigenvalue weighted by Gasteiger charge is -2.00. The van der Waals surface area contributed by atoms with Gasteiger partial charge in [0.15, 0.2) is 0 Å². The Morgan fingerprint density at radius 2 is 2.00 bits per heavy atom. The third kappa shape index (κ3) is 1.54. The van der Waals surface area contributed by atoms with E-state index < -0.39 is 0 Å². The predicted octanol–water partition coefficient (Wildman–Crippen LogP) is 2.12. The smallest absolute Gasteiger partial charge is 0.0924 e. The maximum Gasteiger partial charge on any atom is 0.0924 e. The number of rotatable bonds is 2. The summed E-state index contributed by atoms with van der Waals surface area (Å²) in [6.07, 6.45) is 3.50. The lowest BCUT2D eigenvalue weighted by atomic mass is 10.1. The van der Waals surface area contributed by atoms with Gasteiger partial charge < -0.3 is 10.3 Å². The molecular weight excluding hydrogens is 162 g/mol. The van der Waals surface area contributed by atoms with Crippen molar-refractivity contribution in [3.05, 3.63) is 36.8 Å². The minimum atomic E-state index is 1.04. The van der Waals surface area contributed by atoms with Crippen molar-refractivity contribution in [3.8, 4) is 11.3 Å². The van der Waals surface area contributed by atoms with E-state index in [-0.39, 0.29) is 0 Å². The first kappa shape index (κ1) is 7.86. The molecular formula is C10H11N3. The van der Waals surface area contributed by atoms with Crippen LogP contribution in [0.25, 0.3) is 11.3 Å². The summed E-state index contributed by atoms with van der Waals surface area (Å²) >= 11 is 0. The average Bonchev–Trinajstić information content (AvgIpc) is 2.71. The van der Waals surface area contributed by atoms with Crippen LogP contribution in [0.3, 0.4) is 0 Å². The summed E-state index contributed by atoms with van der Waals surface area (Å²) < 4.78 is 0. The molecule has 0 radical (unpaired) electrons. The highest BCUT2D eigenvalue weighted by Gasteiger charge is 1.96. The van der Waals surface area contributed by atoms with Gasteiger partial charge in [-0.15, -0.1) is 0 Å². The van der Waals surface area contributed by atoms with Crippen LogP contribution in [-0.2, 0) is 0 Å². The van der Waals surface area contributed by atoms with Gasteiger partial charge in [-0.05, 0) is 17.7 Å². The zero-order chi connectivity index (χ0) is 9.10. The second-order valence-electron chi connectivity index (χ2n) is 2.79. The number of H-pyrrole nitrogens is 1. The number of anilines is 1. The Labute approximate surface area is 76.8 Å². The van der Waals surface area contributed by atoms with Gasteiger partial charge in [0.25, 0.3) is 0 Å². The van der Waals surface area contributed by atoms with Crippen molar-refractivity contribution in [2.75, 3.05) is 12.4 Å². The number of hydrogen-bond acceptors (Lipinski definition) is 2. The molecule has 0 saturated carbocycles. The largest absolute Gasteiger partial charge is 0.388 e. The van der Waals surface area contributed by atoms with Crippen molar-refractivity contribution in [2.45, 2.75) is 0 Å². The Hall–Kier alpha value is -1.77. The van der Waals surface area contributed by atoms with E-state index in [1.54, 1.807) is 6.33 Å². The first-order valence-electron chi connectivity index (χ1n) is 4.17. The second-order valence-corrected chi connectivity index (χ2v) is 2.79. The Balaban J connectivity index is 2.33. The fourth-order valence-corrected chi connectivity index (χ4v) is 1.23. The molecule has 0 fully saturated rings. The molecule has 3 heteroatoms. The Morgan fingerprint density at radius 1 is 1.23 bits per heavy atom. The van der Waals surface area contributed by atoms with Crippen molar-refractivity contribution >= 4 is 5.69 Å². The quantitative estimate of drug-likeness (QED) is 0.730. The molecule has 2 aromatic rings. The number of imidazole rings is 1. The van der Waals surface area contributed by atoms with Crippen molar-refractivity contribution in [1.82, 2.24) is 9.97 Å². The predicted molar refractivity (Wildman–Crippen MR) is 53.6 cm³/mol. The Morgan fingerprint density at radius 3 is 2.54 bits per heavy atom. The lowest BCUT2D eigenvalue weighted by molar-refractivity contribution is 1.31. The van der Waals surface area contributed by atoms with Gasteiger partial charge in [-0.25, -0.2) is 4.98 Å². The Bertz CT molecular complexity index is 362. The summed E-state index contributed by atoms with van der Waals surface area (Å²) in [5.41, 5.74) is 3.31. The topological polar surface area (TPSA) is 40.7 Å². The second kappa shape index (κ2) is 3.31. The maximum atomic E-state index is 3.97. The molecule has 0 aliphatic rings. The normalized spacial score (nSPS) is 9.92. The van der Waals surface area contributed by atoms with Gasteiger partial charge in [-0.1, -0.05) is 12.1 Å². The minimum absolute atomic E-state index is 1.04. The van der Waals surface area contributed by atoms with E-state index in [1.807, 2.05) is 25.4 Å². The average molecular weight is 173 g/mol. The van der Waals surface area contributed by atoms with Crippen LogP contribution in [0.4, 0.5) is 5.69 Å². The number of aromatic nitrogens is 2. The number of aromatic amines is 1. The van der Waals surface area contributed by atoms with Gasteiger partial charge in [-0.2, -0.15) is 0 Å². The molecule has 0 spiro atoms. The van der Waals surface area contributed by atoms with Crippen LogP contribution in [0, 0.1) is 0 Å². The molecule has 0 unspecified atom stereocenters. The number of nitrogens with zero attached hydrogens (tertiary/aromatic N) is 1. The van der Waals surface area contributed by atoms with Gasteiger partial charge in [0.1, 0.15) is 0 Å². The molecule has 66 valence electrons. The summed E-state index contributed by atoms with van der Waals surface area (Å²) in [5, 5.41) is 3.07. The molecule has 0 bridgehead atoms. The summed E-state index contributed by atoms with van der Waals surface area (Å²) in [7, 11) is 1.91. The van der Waals surface area contributed by atoms with Crippen LogP contribution < -0.4 is 5.32 Å². The van der Waals surface area contributed by atoms with Crippen LogP contribution >= 0.6 is 0 Å². The van der Waals surface area contributed by atoms with Crippen LogP contribution in [0.5, 0.6) is 0 Å². The molecule has 0 aliphatic heterocycles. The Kier molecular flexibility index (Phi) is 2.00. The van der Waals surface area contributed by atoms with Crippen molar-refractivity contribution in [2.24, 2.45) is 0 Å². The van der Waals surface area contributed by atoms with E-state index in [0.29, 0.717) is 0 Å². The molecule has 3 nitrogen and oxygen atoms in total. The minimum Gasteiger partial charge on any atom is -0.388 e. The van der Waals surface area contributed by atoms with Gasteiger partial charge in [0, 0.05) is 12.7 Å². The highest BCUT2D eigenvalue weighted by atomic mass is 14.9. The molecule has 1 aromatic heterocycles.